The van der Waals surface area contributed by atoms with Crippen LogP contribution in [0.2, 0.25) is 0 Å². The Kier molecular flexibility index (Phi) is 6.93. The first-order valence-electron chi connectivity index (χ1n) is 9.38. The molecule has 1 aliphatic rings. The van der Waals surface area contributed by atoms with E-state index in [0.29, 0.717) is 24.0 Å². The highest BCUT2D eigenvalue weighted by molar-refractivity contribution is 7.18. The maximum atomic E-state index is 14.4. The number of esters is 1. The molecule has 0 bridgehead atoms. The number of pyridine rings is 1. The second kappa shape index (κ2) is 9.27. The Morgan fingerprint density at radius 1 is 1.33 bits per heavy atom. The third-order valence-corrected chi connectivity index (χ3v) is 4.72. The van der Waals surface area contributed by atoms with Crippen molar-refractivity contribution in [1.29, 1.82) is 0 Å². The summed E-state index contributed by atoms with van der Waals surface area (Å²) in [6.07, 6.45) is 0.431. The summed E-state index contributed by atoms with van der Waals surface area (Å²) >= 11 is 0. The number of nitrogens with zero attached hydrogens (tertiary/aromatic N) is 1. The second-order valence-electron chi connectivity index (χ2n) is 6.85. The average Bonchev–Trinajstić information content (AvgIpc) is 2.66. The number of carbonyl (C=O) groups excluding carboxylic acids is 1. The molecule has 2 aromatic rings. The Hall–Kier alpha value is -2.25. The van der Waals surface area contributed by atoms with Crippen molar-refractivity contribution in [3.63, 3.8) is 0 Å². The molecule has 10 heteroatoms. The second-order valence-corrected chi connectivity index (χ2v) is 7.70. The molecule has 1 aliphatic heterocycles. The van der Waals surface area contributed by atoms with Gasteiger partial charge in [-0.25, -0.2) is 27.3 Å². The van der Waals surface area contributed by atoms with Crippen molar-refractivity contribution >= 4 is 15.2 Å². The van der Waals surface area contributed by atoms with E-state index < -0.39 is 35.9 Å². The van der Waals surface area contributed by atoms with Crippen molar-refractivity contribution in [2.75, 3.05) is 19.7 Å². The van der Waals surface area contributed by atoms with E-state index in [1.807, 2.05) is 0 Å². The maximum absolute atomic E-state index is 14.4. The van der Waals surface area contributed by atoms with Gasteiger partial charge < -0.3 is 14.8 Å². The molecular weight excluding hydrogens is 423 g/mol. The third kappa shape index (κ3) is 5.46. The molecule has 2 unspecified atom stereocenters. The first kappa shape index (κ1) is 22.4. The van der Waals surface area contributed by atoms with E-state index in [4.69, 9.17) is 9.47 Å². The lowest BCUT2D eigenvalue weighted by Gasteiger charge is -2.28. The van der Waals surface area contributed by atoms with Gasteiger partial charge in [-0.15, -0.1) is 0 Å². The summed E-state index contributed by atoms with van der Waals surface area (Å²) < 4.78 is 64.5. The molecule has 0 saturated carbocycles. The normalized spacial score (nSPS) is 16.0. The van der Waals surface area contributed by atoms with Crippen LogP contribution in [-0.4, -0.2) is 42.4 Å². The van der Waals surface area contributed by atoms with Gasteiger partial charge in [-0.3, -0.25) is 0 Å². The molecule has 2 atom stereocenters. The van der Waals surface area contributed by atoms with Gasteiger partial charge in [-0.05, 0) is 43.5 Å². The van der Waals surface area contributed by atoms with Crippen LogP contribution in [0.25, 0.3) is 11.1 Å². The topological polar surface area (TPSA) is 60.5 Å². The number of carbonyl (C=O) groups is 1. The molecule has 30 heavy (non-hydrogen) atoms. The Balaban J connectivity index is 1.94. The van der Waals surface area contributed by atoms with Crippen LogP contribution in [0.4, 0.5) is 17.6 Å². The van der Waals surface area contributed by atoms with Crippen molar-refractivity contribution in [2.45, 2.75) is 31.5 Å². The van der Waals surface area contributed by atoms with Gasteiger partial charge in [-0.2, -0.15) is 0 Å². The zero-order chi connectivity index (χ0) is 21.9. The summed E-state index contributed by atoms with van der Waals surface area (Å²) in [6, 6.07) is 4.55. The summed E-state index contributed by atoms with van der Waals surface area (Å²) in [5, 5.41) is 2.63. The zero-order valence-electron chi connectivity index (χ0n) is 16.2. The Morgan fingerprint density at radius 2 is 2.10 bits per heavy atom. The Labute approximate surface area is 173 Å². The van der Waals surface area contributed by atoms with Gasteiger partial charge in [-0.1, -0.05) is 9.24 Å². The molecule has 0 aliphatic carbocycles. The number of alkyl halides is 2. The van der Waals surface area contributed by atoms with Crippen LogP contribution in [0.3, 0.4) is 0 Å². The minimum Gasteiger partial charge on any atom is -0.473 e. The van der Waals surface area contributed by atoms with Gasteiger partial charge in [0.05, 0.1) is 13.2 Å². The lowest BCUT2D eigenvalue weighted by Crippen LogP contribution is -2.38. The minimum atomic E-state index is -2.94. The van der Waals surface area contributed by atoms with Crippen LogP contribution < -0.4 is 10.1 Å². The van der Waals surface area contributed by atoms with Gasteiger partial charge in [0.1, 0.15) is 17.7 Å². The van der Waals surface area contributed by atoms with E-state index in [-0.39, 0.29) is 30.3 Å². The van der Waals surface area contributed by atoms with Gasteiger partial charge in [0, 0.05) is 23.7 Å². The molecule has 0 amide bonds. The molecule has 1 aromatic heterocycles. The number of benzene rings is 1. The SMILES string of the molecule is CCOC(=O)c1cc(-c2ccc(F)cc2F)c2c(n1)OC(CNCC(F)(F)P)CC2. The van der Waals surface area contributed by atoms with Crippen LogP contribution >= 0.6 is 9.24 Å². The molecule has 0 fully saturated rings. The van der Waals surface area contributed by atoms with Crippen molar-refractivity contribution in [3.05, 3.63) is 47.2 Å². The van der Waals surface area contributed by atoms with Gasteiger partial charge >= 0.3 is 5.97 Å². The molecule has 162 valence electrons. The minimum absolute atomic E-state index is 0.0839. The molecule has 2 heterocycles. The lowest BCUT2D eigenvalue weighted by atomic mass is 9.94. The number of hydrogen-bond acceptors (Lipinski definition) is 5. The Bertz CT molecular complexity index is 937. The summed E-state index contributed by atoms with van der Waals surface area (Å²) in [5.41, 5.74) is -2.01. The monoisotopic (exact) mass is 444 g/mol. The van der Waals surface area contributed by atoms with Crippen LogP contribution in [0, 0.1) is 11.6 Å². The lowest BCUT2D eigenvalue weighted by molar-refractivity contribution is 0.0515. The smallest absolute Gasteiger partial charge is 0.357 e. The largest absolute Gasteiger partial charge is 0.473 e. The maximum Gasteiger partial charge on any atom is 0.357 e. The van der Waals surface area contributed by atoms with E-state index in [1.165, 1.54) is 21.4 Å². The molecule has 0 radical (unpaired) electrons. The predicted octanol–water partition coefficient (Wildman–Crippen LogP) is 3.95. The van der Waals surface area contributed by atoms with Crippen LogP contribution in [-0.2, 0) is 11.2 Å². The molecule has 0 saturated heterocycles. The Morgan fingerprint density at radius 3 is 2.77 bits per heavy atom. The number of hydrogen-bond donors (Lipinski definition) is 1. The fraction of sp³-hybridized carbons (Fsp3) is 0.400. The molecule has 1 N–H and O–H groups in total. The summed E-state index contributed by atoms with van der Waals surface area (Å²) in [4.78, 5) is 16.4. The van der Waals surface area contributed by atoms with Crippen LogP contribution in [0.15, 0.2) is 24.3 Å². The fourth-order valence-corrected chi connectivity index (χ4v) is 3.36. The highest BCUT2D eigenvalue weighted by Crippen LogP contribution is 2.36. The summed E-state index contributed by atoms with van der Waals surface area (Å²) in [5.74, 6) is -2.12. The zero-order valence-corrected chi connectivity index (χ0v) is 17.3. The van der Waals surface area contributed by atoms with Crippen molar-refractivity contribution < 1.29 is 31.8 Å². The first-order chi connectivity index (χ1) is 14.2. The van der Waals surface area contributed by atoms with Gasteiger partial charge in [0.25, 0.3) is 5.66 Å². The molecule has 3 rings (SSSR count). The van der Waals surface area contributed by atoms with Crippen molar-refractivity contribution in [3.8, 4) is 17.0 Å². The number of aromatic nitrogens is 1. The summed E-state index contributed by atoms with van der Waals surface area (Å²) in [7, 11) is 1.45. The number of rotatable bonds is 7. The first-order valence-corrected chi connectivity index (χ1v) is 9.96. The summed E-state index contributed by atoms with van der Waals surface area (Å²) in [6.45, 7) is 1.37. The quantitative estimate of drug-likeness (QED) is 0.398. The predicted molar refractivity (Wildman–Crippen MR) is 106 cm³/mol. The number of fused-ring (bicyclic) bond motifs is 1. The highest BCUT2D eigenvalue weighted by atomic mass is 31.0. The van der Waals surface area contributed by atoms with E-state index in [1.54, 1.807) is 6.92 Å². The van der Waals surface area contributed by atoms with E-state index in [2.05, 4.69) is 10.3 Å². The number of ether oxygens (including phenoxy) is 2. The molecular formula is C20H21F4N2O3P. The number of nitrogens with one attached hydrogen (secondary N) is 1. The van der Waals surface area contributed by atoms with Gasteiger partial charge in [0.15, 0.2) is 5.69 Å². The van der Waals surface area contributed by atoms with Gasteiger partial charge in [0.2, 0.25) is 5.88 Å². The number of halogens is 4. The van der Waals surface area contributed by atoms with Crippen LogP contribution in [0.1, 0.15) is 29.4 Å². The van der Waals surface area contributed by atoms with E-state index in [0.717, 1.165) is 12.1 Å². The third-order valence-electron chi connectivity index (χ3n) is 4.52. The fourth-order valence-electron chi connectivity index (χ4n) is 3.21. The highest BCUT2D eigenvalue weighted by Gasteiger charge is 2.28. The molecule has 0 spiro atoms. The molecule has 1 aromatic carbocycles. The van der Waals surface area contributed by atoms with Crippen molar-refractivity contribution in [1.82, 2.24) is 10.3 Å². The van der Waals surface area contributed by atoms with E-state index >= 15 is 0 Å². The van der Waals surface area contributed by atoms with E-state index in [9.17, 15) is 22.4 Å². The average molecular weight is 444 g/mol. The van der Waals surface area contributed by atoms with Crippen molar-refractivity contribution in [2.24, 2.45) is 0 Å². The molecule has 5 nitrogen and oxygen atoms in total. The van der Waals surface area contributed by atoms with Crippen LogP contribution in [0.5, 0.6) is 5.88 Å². The standard InChI is InChI=1S/C20H21F4N2O3P/c1-2-28-19(27)17-8-15(13-5-3-11(21)7-16(13)22)14-6-4-12(29-18(14)26-17)9-25-10-20(23,24)30/h3,5,7-8,12,25H,2,4,6,9-10,30H2,1H3.